The van der Waals surface area contributed by atoms with E-state index in [4.69, 9.17) is 9.94 Å². The fourth-order valence-corrected chi connectivity index (χ4v) is 10.2. The highest BCUT2D eigenvalue weighted by Gasteiger charge is 2.48. The molecule has 1 atom stereocenters. The van der Waals surface area contributed by atoms with Gasteiger partial charge in [-0.15, -0.1) is 0 Å². The Hall–Kier alpha value is -1.74. The molecular weight excluding hydrogens is 508 g/mol. The largest absolute Gasteiger partial charge is 0.295 e. The number of sulfonamides is 1. The van der Waals surface area contributed by atoms with Crippen LogP contribution in [0.2, 0.25) is 0 Å². The number of aromatic nitrogens is 2. The van der Waals surface area contributed by atoms with E-state index in [1.807, 2.05) is 19.1 Å². The summed E-state index contributed by atoms with van der Waals surface area (Å²) in [6, 6.07) is 7.90. The second-order valence-corrected chi connectivity index (χ2v) is 15.1. The third-order valence-electron chi connectivity index (χ3n) is 10.6. The first-order chi connectivity index (χ1) is 18.9. The van der Waals surface area contributed by atoms with E-state index in [2.05, 4.69) is 14.9 Å². The summed E-state index contributed by atoms with van der Waals surface area (Å²) in [5, 5.41) is 5.16. The molecule has 212 valence electrons. The molecule has 4 bridgehead atoms. The lowest BCUT2D eigenvalue weighted by molar-refractivity contribution is -0.0937. The smallest absolute Gasteiger partial charge is 0.240 e. The van der Waals surface area contributed by atoms with E-state index >= 15 is 0 Å². The maximum absolute atomic E-state index is 13.2. The lowest BCUT2D eigenvalue weighted by atomic mass is 9.54. The van der Waals surface area contributed by atoms with Gasteiger partial charge in [0.15, 0.2) is 0 Å². The molecule has 0 aliphatic heterocycles. The van der Waals surface area contributed by atoms with Gasteiger partial charge in [0.25, 0.3) is 0 Å². The number of hydrogen-bond donors (Lipinski definition) is 2. The van der Waals surface area contributed by atoms with Gasteiger partial charge >= 0.3 is 0 Å². The Morgan fingerprint density at radius 2 is 1.64 bits per heavy atom. The van der Waals surface area contributed by atoms with Crippen LogP contribution >= 0.6 is 0 Å². The van der Waals surface area contributed by atoms with Crippen molar-refractivity contribution in [2.24, 2.45) is 23.7 Å². The second kappa shape index (κ2) is 10.6. The van der Waals surface area contributed by atoms with Crippen LogP contribution in [-0.2, 0) is 34.3 Å². The lowest BCUT2D eigenvalue weighted by Crippen LogP contribution is -2.54. The van der Waals surface area contributed by atoms with Crippen LogP contribution in [0.25, 0.3) is 0 Å². The number of benzene rings is 1. The minimum absolute atomic E-state index is 0.135. The minimum Gasteiger partial charge on any atom is -0.295 e. The molecular formula is C31H44N4O3S. The predicted molar refractivity (Wildman–Crippen MR) is 150 cm³/mol. The van der Waals surface area contributed by atoms with Crippen molar-refractivity contribution < 1.29 is 13.3 Å². The molecule has 5 fully saturated rings. The van der Waals surface area contributed by atoms with E-state index in [0.29, 0.717) is 30.0 Å². The van der Waals surface area contributed by atoms with Gasteiger partial charge in [0.05, 0.1) is 16.6 Å². The SMILES string of the molecule is Cc1ccc(S(=O)(=O)NC2CCc3c(c(CONC4C5CC6CC(C5)CC4C6)nn3C3CCCCC3)C2)cc1. The minimum atomic E-state index is -3.57. The van der Waals surface area contributed by atoms with Gasteiger partial charge in [-0.3, -0.25) is 9.52 Å². The van der Waals surface area contributed by atoms with Crippen LogP contribution in [0, 0.1) is 30.6 Å². The third kappa shape index (κ3) is 5.22. The van der Waals surface area contributed by atoms with Crippen molar-refractivity contribution in [2.45, 2.75) is 120 Å². The lowest BCUT2D eigenvalue weighted by Gasteiger charge is -2.54. The van der Waals surface area contributed by atoms with E-state index in [9.17, 15) is 8.42 Å². The van der Waals surface area contributed by atoms with Crippen molar-refractivity contribution >= 4 is 10.0 Å². The molecule has 5 saturated carbocycles. The molecule has 2 N–H and O–H groups in total. The highest BCUT2D eigenvalue weighted by atomic mass is 32.2. The molecule has 6 aliphatic carbocycles. The zero-order valence-electron chi connectivity index (χ0n) is 23.3. The van der Waals surface area contributed by atoms with Crippen molar-refractivity contribution in [2.75, 3.05) is 0 Å². The zero-order valence-corrected chi connectivity index (χ0v) is 24.1. The van der Waals surface area contributed by atoms with Crippen LogP contribution in [0.5, 0.6) is 0 Å². The number of aryl methyl sites for hydroxylation is 1. The van der Waals surface area contributed by atoms with E-state index in [1.54, 1.807) is 12.1 Å². The number of rotatable bonds is 8. The van der Waals surface area contributed by atoms with E-state index in [-0.39, 0.29) is 6.04 Å². The van der Waals surface area contributed by atoms with Crippen molar-refractivity contribution in [3.05, 3.63) is 46.8 Å². The van der Waals surface area contributed by atoms with Crippen molar-refractivity contribution in [1.29, 1.82) is 0 Å². The molecule has 7 nitrogen and oxygen atoms in total. The fraction of sp³-hybridized carbons (Fsp3) is 0.710. The maximum atomic E-state index is 13.2. The summed E-state index contributed by atoms with van der Waals surface area (Å²) in [5.74, 6) is 3.42. The van der Waals surface area contributed by atoms with Crippen molar-refractivity contribution in [1.82, 2.24) is 20.0 Å². The first kappa shape index (κ1) is 26.2. The molecule has 0 spiro atoms. The Kier molecular flexibility index (Phi) is 7.10. The number of nitrogens with zero attached hydrogens (tertiary/aromatic N) is 2. The number of hydrogen-bond acceptors (Lipinski definition) is 5. The van der Waals surface area contributed by atoms with Crippen LogP contribution in [0.1, 0.15) is 99.2 Å². The normalized spacial score (nSPS) is 32.4. The number of hydroxylamine groups is 1. The van der Waals surface area contributed by atoms with Crippen LogP contribution < -0.4 is 10.2 Å². The third-order valence-corrected chi connectivity index (χ3v) is 12.1. The molecule has 6 aliphatic rings. The van der Waals surface area contributed by atoms with Crippen molar-refractivity contribution in [3.63, 3.8) is 0 Å². The van der Waals surface area contributed by atoms with E-state index in [0.717, 1.165) is 47.8 Å². The first-order valence-corrected chi connectivity index (χ1v) is 17.0. The highest BCUT2D eigenvalue weighted by molar-refractivity contribution is 7.89. The average molecular weight is 553 g/mol. The molecule has 2 aromatic rings. The molecule has 0 amide bonds. The molecule has 39 heavy (non-hydrogen) atoms. The summed E-state index contributed by atoms with van der Waals surface area (Å²) in [6.45, 7) is 2.42. The van der Waals surface area contributed by atoms with Gasteiger partial charge in [0, 0.05) is 23.3 Å². The Labute approximate surface area is 233 Å². The molecule has 8 heteroatoms. The Bertz CT molecular complexity index is 1250. The molecule has 1 aromatic carbocycles. The Balaban J connectivity index is 1.07. The van der Waals surface area contributed by atoms with Gasteiger partial charge in [-0.1, -0.05) is 37.0 Å². The summed E-state index contributed by atoms with van der Waals surface area (Å²) >= 11 is 0. The van der Waals surface area contributed by atoms with Crippen LogP contribution in [-0.4, -0.2) is 30.3 Å². The summed E-state index contributed by atoms with van der Waals surface area (Å²) in [7, 11) is -3.57. The second-order valence-electron chi connectivity index (χ2n) is 13.3. The van der Waals surface area contributed by atoms with Crippen LogP contribution in [0.3, 0.4) is 0 Å². The van der Waals surface area contributed by atoms with Crippen LogP contribution in [0.15, 0.2) is 29.2 Å². The van der Waals surface area contributed by atoms with E-state index in [1.165, 1.54) is 75.5 Å². The van der Waals surface area contributed by atoms with Gasteiger partial charge in [0.2, 0.25) is 10.0 Å². The van der Waals surface area contributed by atoms with Crippen LogP contribution in [0.4, 0.5) is 0 Å². The topological polar surface area (TPSA) is 85.2 Å². The summed E-state index contributed by atoms with van der Waals surface area (Å²) in [4.78, 5) is 6.60. The molecule has 0 radical (unpaired) electrons. The Morgan fingerprint density at radius 1 is 0.949 bits per heavy atom. The summed E-state index contributed by atoms with van der Waals surface area (Å²) in [5.41, 5.74) is 8.08. The molecule has 8 rings (SSSR count). The van der Waals surface area contributed by atoms with Gasteiger partial charge in [-0.05, 0) is 107 Å². The molecule has 1 heterocycles. The molecule has 1 aromatic heterocycles. The predicted octanol–water partition coefficient (Wildman–Crippen LogP) is 5.38. The van der Waals surface area contributed by atoms with Gasteiger partial charge in [-0.2, -0.15) is 10.6 Å². The zero-order chi connectivity index (χ0) is 26.6. The fourth-order valence-electron chi connectivity index (χ4n) is 8.89. The van der Waals surface area contributed by atoms with Gasteiger partial charge in [-0.25, -0.2) is 13.1 Å². The highest BCUT2D eigenvalue weighted by Crippen LogP contribution is 2.53. The maximum Gasteiger partial charge on any atom is 0.240 e. The quantitative estimate of drug-likeness (QED) is 0.430. The average Bonchev–Trinajstić information content (AvgIpc) is 3.28. The molecule has 1 unspecified atom stereocenters. The van der Waals surface area contributed by atoms with Gasteiger partial charge < -0.3 is 0 Å². The summed E-state index contributed by atoms with van der Waals surface area (Å²) < 4.78 is 31.6. The number of fused-ring (bicyclic) bond motifs is 1. The standard InChI is InChI=1S/C31H44N4O3S/c1-20-7-10-27(11-8-20)39(36,37)34-25-9-12-30-28(18-25)29(32-35(30)26-5-3-2-4-6-26)19-38-33-31-23-14-21-13-22(16-23)17-24(31)15-21/h7-8,10-11,21-26,31,33-34H,2-6,9,12-19H2,1H3. The molecule has 0 saturated heterocycles. The summed E-state index contributed by atoms with van der Waals surface area (Å²) in [6.07, 6.45) is 15.4. The van der Waals surface area contributed by atoms with Crippen molar-refractivity contribution in [3.8, 4) is 0 Å². The van der Waals surface area contributed by atoms with E-state index < -0.39 is 10.0 Å². The monoisotopic (exact) mass is 552 g/mol. The van der Waals surface area contributed by atoms with Gasteiger partial charge in [0.1, 0.15) is 6.61 Å². The number of nitrogens with one attached hydrogen (secondary N) is 2. The Morgan fingerprint density at radius 3 is 2.33 bits per heavy atom. The first-order valence-electron chi connectivity index (χ1n) is 15.5.